The van der Waals surface area contributed by atoms with Crippen molar-refractivity contribution in [3.05, 3.63) is 33.3 Å². The summed E-state index contributed by atoms with van der Waals surface area (Å²) >= 11 is 5.78. The first-order valence-electron chi connectivity index (χ1n) is 7.13. The molecule has 0 atom stereocenters. The van der Waals surface area contributed by atoms with E-state index in [1.165, 1.54) is 6.07 Å². The lowest BCUT2D eigenvalue weighted by Gasteiger charge is -2.34. The molecule has 0 radical (unpaired) electrons. The van der Waals surface area contributed by atoms with Crippen molar-refractivity contribution in [3.8, 4) is 0 Å². The molecule has 0 aromatic heterocycles. The molecule has 1 fully saturated rings. The van der Waals surface area contributed by atoms with Gasteiger partial charge in [-0.25, -0.2) is 0 Å². The van der Waals surface area contributed by atoms with E-state index in [0.29, 0.717) is 17.3 Å². The average Bonchev–Trinajstić information content (AvgIpc) is 2.49. The Hall–Kier alpha value is -1.86. The van der Waals surface area contributed by atoms with E-state index in [0.717, 1.165) is 32.7 Å². The van der Waals surface area contributed by atoms with Crippen LogP contribution in [-0.4, -0.2) is 59.9 Å². The second-order valence-electron chi connectivity index (χ2n) is 5.19. The fraction of sp³-hybridized carbons (Fsp3) is 0.500. The van der Waals surface area contributed by atoms with Gasteiger partial charge in [-0.05, 0) is 12.1 Å². The van der Waals surface area contributed by atoms with Crippen LogP contribution in [0.25, 0.3) is 0 Å². The van der Waals surface area contributed by atoms with Crippen molar-refractivity contribution in [2.24, 2.45) is 0 Å². The van der Waals surface area contributed by atoms with Crippen LogP contribution < -0.4 is 5.32 Å². The summed E-state index contributed by atoms with van der Waals surface area (Å²) in [7, 11) is 0. The number of rotatable bonds is 5. The molecular formula is C14H19ClN4O3. The van der Waals surface area contributed by atoms with Gasteiger partial charge in [-0.1, -0.05) is 11.6 Å². The Morgan fingerprint density at radius 1 is 1.36 bits per heavy atom. The number of carbonyl (C=O) groups excluding carboxylic acids is 1. The molecule has 0 bridgehead atoms. The highest BCUT2D eigenvalue weighted by Gasteiger charge is 2.18. The van der Waals surface area contributed by atoms with Gasteiger partial charge in [0, 0.05) is 57.3 Å². The summed E-state index contributed by atoms with van der Waals surface area (Å²) in [4.78, 5) is 25.9. The summed E-state index contributed by atoms with van der Waals surface area (Å²) in [5, 5.41) is 14.4. The molecule has 2 rings (SSSR count). The van der Waals surface area contributed by atoms with Gasteiger partial charge in [-0.2, -0.15) is 0 Å². The third-order valence-corrected chi connectivity index (χ3v) is 3.95. The van der Waals surface area contributed by atoms with Crippen LogP contribution in [0, 0.1) is 10.1 Å². The van der Waals surface area contributed by atoms with Crippen molar-refractivity contribution >= 4 is 28.9 Å². The summed E-state index contributed by atoms with van der Waals surface area (Å²) in [5.41, 5.74) is 0.450. The standard InChI is InChI=1S/C14H19ClN4O3/c1-11(20)18-8-6-17(7-9-18)5-4-16-13-3-2-12(15)10-14(13)19(21)22/h2-3,10,16H,4-9H2,1H3. The molecule has 1 aliphatic heterocycles. The number of benzene rings is 1. The first-order chi connectivity index (χ1) is 10.5. The maximum absolute atomic E-state index is 11.3. The molecule has 0 aliphatic carbocycles. The Morgan fingerprint density at radius 2 is 2.05 bits per heavy atom. The lowest BCUT2D eigenvalue weighted by Crippen LogP contribution is -2.49. The molecule has 0 spiro atoms. The number of nitro benzene ring substituents is 1. The minimum absolute atomic E-state index is 0.0195. The summed E-state index contributed by atoms with van der Waals surface area (Å²) in [6, 6.07) is 4.59. The second kappa shape index (κ2) is 7.42. The van der Waals surface area contributed by atoms with E-state index >= 15 is 0 Å². The average molecular weight is 327 g/mol. The molecule has 8 heteroatoms. The molecule has 0 unspecified atom stereocenters. The molecule has 22 heavy (non-hydrogen) atoms. The van der Waals surface area contributed by atoms with Crippen LogP contribution in [0.5, 0.6) is 0 Å². The van der Waals surface area contributed by atoms with Crippen molar-refractivity contribution in [2.45, 2.75) is 6.92 Å². The minimum Gasteiger partial charge on any atom is -0.378 e. The van der Waals surface area contributed by atoms with Crippen molar-refractivity contribution < 1.29 is 9.72 Å². The van der Waals surface area contributed by atoms with Crippen molar-refractivity contribution in [1.82, 2.24) is 9.80 Å². The van der Waals surface area contributed by atoms with E-state index in [4.69, 9.17) is 11.6 Å². The fourth-order valence-corrected chi connectivity index (χ4v) is 2.61. The van der Waals surface area contributed by atoms with Gasteiger partial charge in [0.25, 0.3) is 5.69 Å². The molecule has 120 valence electrons. The van der Waals surface area contributed by atoms with Gasteiger partial charge >= 0.3 is 0 Å². The van der Waals surface area contributed by atoms with E-state index in [1.54, 1.807) is 19.1 Å². The SMILES string of the molecule is CC(=O)N1CCN(CCNc2ccc(Cl)cc2[N+](=O)[O-])CC1. The van der Waals surface area contributed by atoms with Crippen LogP contribution in [0.3, 0.4) is 0 Å². The van der Waals surface area contributed by atoms with Gasteiger partial charge in [0.1, 0.15) is 5.69 Å². The van der Waals surface area contributed by atoms with Gasteiger partial charge in [-0.15, -0.1) is 0 Å². The molecule has 1 heterocycles. The summed E-state index contributed by atoms with van der Waals surface area (Å²) in [6.45, 7) is 6.06. The topological polar surface area (TPSA) is 78.7 Å². The molecule has 1 N–H and O–H groups in total. The number of halogens is 1. The Labute approximate surface area is 134 Å². The number of hydrogen-bond donors (Lipinski definition) is 1. The maximum Gasteiger partial charge on any atom is 0.293 e. The number of nitrogens with zero attached hydrogens (tertiary/aromatic N) is 3. The van der Waals surface area contributed by atoms with Crippen molar-refractivity contribution in [2.75, 3.05) is 44.6 Å². The highest BCUT2D eigenvalue weighted by Crippen LogP contribution is 2.27. The quantitative estimate of drug-likeness (QED) is 0.659. The number of anilines is 1. The van der Waals surface area contributed by atoms with Gasteiger partial charge in [0.15, 0.2) is 0 Å². The zero-order chi connectivity index (χ0) is 16.1. The molecule has 0 saturated carbocycles. The Bertz CT molecular complexity index is 559. The van der Waals surface area contributed by atoms with Crippen molar-refractivity contribution in [1.29, 1.82) is 0 Å². The number of hydrogen-bond acceptors (Lipinski definition) is 5. The van der Waals surface area contributed by atoms with Gasteiger partial charge in [-0.3, -0.25) is 19.8 Å². The summed E-state index contributed by atoms with van der Waals surface area (Å²) in [6.07, 6.45) is 0. The molecule has 1 aromatic carbocycles. The zero-order valence-electron chi connectivity index (χ0n) is 12.4. The van der Waals surface area contributed by atoms with Gasteiger partial charge in [0.2, 0.25) is 5.91 Å². The Morgan fingerprint density at radius 3 is 2.64 bits per heavy atom. The van der Waals surface area contributed by atoms with Crippen LogP contribution in [0.15, 0.2) is 18.2 Å². The molecule has 1 saturated heterocycles. The molecule has 7 nitrogen and oxygen atoms in total. The van der Waals surface area contributed by atoms with E-state index in [9.17, 15) is 14.9 Å². The number of nitrogens with one attached hydrogen (secondary N) is 1. The monoisotopic (exact) mass is 326 g/mol. The third-order valence-electron chi connectivity index (χ3n) is 3.72. The lowest BCUT2D eigenvalue weighted by molar-refractivity contribution is -0.383. The smallest absolute Gasteiger partial charge is 0.293 e. The van der Waals surface area contributed by atoms with Crippen molar-refractivity contribution in [3.63, 3.8) is 0 Å². The Kier molecular flexibility index (Phi) is 5.57. The number of carbonyl (C=O) groups is 1. The highest BCUT2D eigenvalue weighted by atomic mass is 35.5. The van der Waals surface area contributed by atoms with Crippen LogP contribution in [0.1, 0.15) is 6.92 Å². The molecule has 1 amide bonds. The van der Waals surface area contributed by atoms with E-state index in [2.05, 4.69) is 10.2 Å². The van der Waals surface area contributed by atoms with Gasteiger partial charge < -0.3 is 10.2 Å². The molecular weight excluding hydrogens is 308 g/mol. The first-order valence-corrected chi connectivity index (χ1v) is 7.51. The highest BCUT2D eigenvalue weighted by molar-refractivity contribution is 6.30. The van der Waals surface area contributed by atoms with Crippen LogP contribution in [0.4, 0.5) is 11.4 Å². The first kappa shape index (κ1) is 16.5. The van der Waals surface area contributed by atoms with E-state index < -0.39 is 4.92 Å². The minimum atomic E-state index is -0.445. The normalized spacial score (nSPS) is 15.6. The number of amides is 1. The Balaban J connectivity index is 1.82. The number of piperazine rings is 1. The lowest BCUT2D eigenvalue weighted by atomic mass is 10.2. The molecule has 1 aliphatic rings. The largest absolute Gasteiger partial charge is 0.378 e. The number of nitro groups is 1. The van der Waals surface area contributed by atoms with Crippen LogP contribution in [-0.2, 0) is 4.79 Å². The predicted molar refractivity (Wildman–Crippen MR) is 85.3 cm³/mol. The van der Waals surface area contributed by atoms with Crippen LogP contribution in [0.2, 0.25) is 5.02 Å². The van der Waals surface area contributed by atoms with Gasteiger partial charge in [0.05, 0.1) is 4.92 Å². The third kappa shape index (κ3) is 4.32. The van der Waals surface area contributed by atoms with E-state index in [-0.39, 0.29) is 11.6 Å². The molecule has 1 aromatic rings. The van der Waals surface area contributed by atoms with E-state index in [1.807, 2.05) is 4.90 Å². The zero-order valence-corrected chi connectivity index (χ0v) is 13.2. The summed E-state index contributed by atoms with van der Waals surface area (Å²) in [5.74, 6) is 0.106. The summed E-state index contributed by atoms with van der Waals surface area (Å²) < 4.78 is 0. The van der Waals surface area contributed by atoms with Crippen LogP contribution >= 0.6 is 11.6 Å². The second-order valence-corrected chi connectivity index (χ2v) is 5.63. The fourth-order valence-electron chi connectivity index (χ4n) is 2.44. The maximum atomic E-state index is 11.3. The predicted octanol–water partition coefficient (Wildman–Crippen LogP) is 1.82.